The lowest BCUT2D eigenvalue weighted by atomic mass is 10.2. The Morgan fingerprint density at radius 1 is 1.37 bits per heavy atom. The Hall–Kier alpha value is -1.60. The Morgan fingerprint density at radius 2 is 2.00 bits per heavy atom. The van der Waals surface area contributed by atoms with Crippen LogP contribution in [0.2, 0.25) is 0 Å². The van der Waals surface area contributed by atoms with Crippen LogP contribution in [0.3, 0.4) is 0 Å². The fourth-order valence-corrected chi connectivity index (χ4v) is 3.86. The molecule has 1 aliphatic heterocycles. The monoisotopic (exact) mass is 284 g/mol. The lowest BCUT2D eigenvalue weighted by Crippen LogP contribution is -2.43. The van der Waals surface area contributed by atoms with Crippen LogP contribution >= 0.6 is 0 Å². The Morgan fingerprint density at radius 3 is 2.53 bits per heavy atom. The first-order chi connectivity index (χ1) is 8.96. The van der Waals surface area contributed by atoms with E-state index in [1.807, 2.05) is 0 Å². The molecular weight excluding hydrogens is 268 g/mol. The normalized spacial score (nSPS) is 20.4. The topological polar surface area (TPSA) is 89.7 Å². The summed E-state index contributed by atoms with van der Waals surface area (Å²) in [5.74, 6) is -0.0265. The molecule has 0 bridgehead atoms. The quantitative estimate of drug-likeness (QED) is 0.863. The fourth-order valence-electron chi connectivity index (χ4n) is 2.20. The Labute approximate surface area is 112 Å². The van der Waals surface area contributed by atoms with Gasteiger partial charge in [-0.25, -0.2) is 8.42 Å². The number of carbonyl (C=O) groups excluding carboxylic acids is 1. The molecule has 1 atom stereocenters. The van der Waals surface area contributed by atoms with Crippen molar-refractivity contribution in [2.45, 2.75) is 23.8 Å². The number of hydrogen-bond donors (Lipinski definition) is 1. The molecule has 0 radical (unpaired) electrons. The van der Waals surface area contributed by atoms with E-state index in [0.717, 1.165) is 0 Å². The summed E-state index contributed by atoms with van der Waals surface area (Å²) in [4.78, 5) is 11.4. The Kier molecular flexibility index (Phi) is 3.77. The van der Waals surface area contributed by atoms with Gasteiger partial charge in [0.15, 0.2) is 0 Å². The molecule has 1 fully saturated rings. The maximum absolute atomic E-state index is 12.4. The number of carbonyl (C=O) groups is 1. The molecule has 1 aromatic carbocycles. The van der Waals surface area contributed by atoms with Crippen LogP contribution in [-0.4, -0.2) is 38.3 Å². The van der Waals surface area contributed by atoms with E-state index in [1.54, 1.807) is 12.1 Å². The van der Waals surface area contributed by atoms with Crippen LogP contribution < -0.4 is 10.5 Å². The zero-order valence-corrected chi connectivity index (χ0v) is 11.4. The van der Waals surface area contributed by atoms with E-state index in [2.05, 4.69) is 0 Å². The predicted octanol–water partition coefficient (Wildman–Crippen LogP) is 0.334. The van der Waals surface area contributed by atoms with Crippen molar-refractivity contribution in [3.63, 3.8) is 0 Å². The minimum atomic E-state index is -3.68. The second-order valence-corrected chi connectivity index (χ2v) is 6.24. The smallest absolute Gasteiger partial charge is 0.243 e. The van der Waals surface area contributed by atoms with Crippen molar-refractivity contribution in [2.24, 2.45) is 5.73 Å². The van der Waals surface area contributed by atoms with Crippen molar-refractivity contribution in [3.05, 3.63) is 24.3 Å². The number of sulfonamides is 1. The zero-order chi connectivity index (χ0) is 14.0. The van der Waals surface area contributed by atoms with E-state index >= 15 is 0 Å². The number of benzene rings is 1. The fraction of sp³-hybridized carbons (Fsp3) is 0.417. The van der Waals surface area contributed by atoms with Gasteiger partial charge in [0.2, 0.25) is 15.9 Å². The maximum atomic E-state index is 12.4. The van der Waals surface area contributed by atoms with E-state index < -0.39 is 22.0 Å². The zero-order valence-electron chi connectivity index (χ0n) is 10.6. The van der Waals surface area contributed by atoms with Gasteiger partial charge in [-0.1, -0.05) is 0 Å². The molecule has 0 saturated carbocycles. The molecular formula is C12H16N2O4S. The van der Waals surface area contributed by atoms with Crippen molar-refractivity contribution in [1.82, 2.24) is 4.31 Å². The van der Waals surface area contributed by atoms with Gasteiger partial charge >= 0.3 is 0 Å². The molecule has 7 heteroatoms. The summed E-state index contributed by atoms with van der Waals surface area (Å²) in [5, 5.41) is 0. The molecule has 0 unspecified atom stereocenters. The first-order valence-corrected chi connectivity index (χ1v) is 7.36. The largest absolute Gasteiger partial charge is 0.497 e. The van der Waals surface area contributed by atoms with Crippen molar-refractivity contribution >= 4 is 15.9 Å². The summed E-state index contributed by atoms with van der Waals surface area (Å²) in [6.45, 7) is 0.321. The summed E-state index contributed by atoms with van der Waals surface area (Å²) in [7, 11) is -2.17. The lowest BCUT2D eigenvalue weighted by Gasteiger charge is -2.21. The van der Waals surface area contributed by atoms with E-state index in [9.17, 15) is 13.2 Å². The van der Waals surface area contributed by atoms with Gasteiger partial charge in [0.1, 0.15) is 11.8 Å². The number of nitrogens with two attached hydrogens (primary N) is 1. The van der Waals surface area contributed by atoms with Crippen molar-refractivity contribution in [1.29, 1.82) is 0 Å². The second kappa shape index (κ2) is 5.18. The van der Waals surface area contributed by atoms with E-state index in [1.165, 1.54) is 23.5 Å². The first-order valence-electron chi connectivity index (χ1n) is 5.92. The average molecular weight is 284 g/mol. The number of ether oxygens (including phenoxy) is 1. The number of amides is 1. The molecule has 0 aromatic heterocycles. The SMILES string of the molecule is COc1ccc(S(=O)(=O)N2CCC[C@H]2C(N)=O)cc1. The summed E-state index contributed by atoms with van der Waals surface area (Å²) in [6.07, 6.45) is 1.12. The molecule has 0 aliphatic carbocycles. The molecule has 0 spiro atoms. The standard InChI is InChI=1S/C12H16N2O4S/c1-18-9-4-6-10(7-5-9)19(16,17)14-8-2-3-11(14)12(13)15/h4-7,11H,2-3,8H2,1H3,(H2,13,15)/t11-/m0/s1. The van der Waals surface area contributed by atoms with E-state index in [0.29, 0.717) is 25.1 Å². The third-order valence-electron chi connectivity index (χ3n) is 3.20. The summed E-state index contributed by atoms with van der Waals surface area (Å²) in [6, 6.07) is 5.33. The highest BCUT2D eigenvalue weighted by Gasteiger charge is 2.38. The predicted molar refractivity (Wildman–Crippen MR) is 69.1 cm³/mol. The molecule has 1 aliphatic rings. The minimum absolute atomic E-state index is 0.140. The van der Waals surface area contributed by atoms with Gasteiger partial charge in [-0.3, -0.25) is 4.79 Å². The number of nitrogens with zero attached hydrogens (tertiary/aromatic N) is 1. The Bertz CT molecular complexity index is 568. The third-order valence-corrected chi connectivity index (χ3v) is 5.12. The lowest BCUT2D eigenvalue weighted by molar-refractivity contribution is -0.121. The molecule has 1 heterocycles. The molecule has 19 heavy (non-hydrogen) atoms. The molecule has 6 nitrogen and oxygen atoms in total. The number of hydrogen-bond acceptors (Lipinski definition) is 4. The van der Waals surface area contributed by atoms with Gasteiger partial charge in [-0.2, -0.15) is 4.31 Å². The van der Waals surface area contributed by atoms with Crippen molar-refractivity contribution in [2.75, 3.05) is 13.7 Å². The van der Waals surface area contributed by atoms with Gasteiger partial charge in [-0.05, 0) is 37.1 Å². The average Bonchev–Trinajstić information content (AvgIpc) is 2.89. The highest BCUT2D eigenvalue weighted by atomic mass is 32.2. The summed E-state index contributed by atoms with van der Waals surface area (Å²) in [5.41, 5.74) is 5.24. The number of rotatable bonds is 4. The molecule has 2 N–H and O–H groups in total. The van der Waals surface area contributed by atoms with E-state index in [-0.39, 0.29) is 4.90 Å². The van der Waals surface area contributed by atoms with Crippen LogP contribution in [0, 0.1) is 0 Å². The molecule has 1 amide bonds. The number of primary amides is 1. The highest BCUT2D eigenvalue weighted by molar-refractivity contribution is 7.89. The Balaban J connectivity index is 2.33. The number of methoxy groups -OCH3 is 1. The highest BCUT2D eigenvalue weighted by Crippen LogP contribution is 2.26. The second-order valence-electron chi connectivity index (χ2n) is 4.35. The van der Waals surface area contributed by atoms with Gasteiger partial charge < -0.3 is 10.5 Å². The van der Waals surface area contributed by atoms with E-state index in [4.69, 9.17) is 10.5 Å². The van der Waals surface area contributed by atoms with Crippen LogP contribution in [0.5, 0.6) is 5.75 Å². The van der Waals surface area contributed by atoms with Crippen LogP contribution in [0.4, 0.5) is 0 Å². The van der Waals surface area contributed by atoms with Crippen molar-refractivity contribution < 1.29 is 17.9 Å². The van der Waals surface area contributed by atoms with Gasteiger partial charge in [0.25, 0.3) is 0 Å². The van der Waals surface area contributed by atoms with Crippen LogP contribution in [-0.2, 0) is 14.8 Å². The van der Waals surface area contributed by atoms with Gasteiger partial charge in [0, 0.05) is 6.54 Å². The summed E-state index contributed by atoms with van der Waals surface area (Å²) >= 11 is 0. The van der Waals surface area contributed by atoms with Crippen LogP contribution in [0.25, 0.3) is 0 Å². The molecule has 1 aromatic rings. The summed E-state index contributed by atoms with van der Waals surface area (Å²) < 4.78 is 31.0. The first kappa shape index (κ1) is 13.8. The minimum Gasteiger partial charge on any atom is -0.497 e. The molecule has 1 saturated heterocycles. The molecule has 104 valence electrons. The van der Waals surface area contributed by atoms with Gasteiger partial charge in [0.05, 0.1) is 12.0 Å². The van der Waals surface area contributed by atoms with Gasteiger partial charge in [-0.15, -0.1) is 0 Å². The van der Waals surface area contributed by atoms with Crippen molar-refractivity contribution in [3.8, 4) is 5.75 Å². The van der Waals surface area contributed by atoms with Crippen LogP contribution in [0.15, 0.2) is 29.2 Å². The third kappa shape index (κ3) is 2.57. The maximum Gasteiger partial charge on any atom is 0.243 e. The van der Waals surface area contributed by atoms with Crippen LogP contribution in [0.1, 0.15) is 12.8 Å². The molecule has 2 rings (SSSR count).